The van der Waals surface area contributed by atoms with Crippen LogP contribution in [0.25, 0.3) is 10.2 Å². The quantitative estimate of drug-likeness (QED) is 0.418. The van der Waals surface area contributed by atoms with Gasteiger partial charge in [-0.05, 0) is 30.9 Å². The molecule has 0 radical (unpaired) electrons. The average Bonchev–Trinajstić information content (AvgIpc) is 3.30. The lowest BCUT2D eigenvalue weighted by Crippen LogP contribution is -2.45. The summed E-state index contributed by atoms with van der Waals surface area (Å²) in [6.45, 7) is 3.06. The monoisotopic (exact) mass is 508 g/mol. The molecule has 11 heteroatoms. The third-order valence-electron chi connectivity index (χ3n) is 6.46. The molecule has 0 bridgehead atoms. The molecule has 1 aromatic carbocycles. The zero-order valence-electron chi connectivity index (χ0n) is 19.9. The third kappa shape index (κ3) is 5.10. The highest BCUT2D eigenvalue weighted by atomic mass is 32.1. The van der Waals surface area contributed by atoms with Crippen LogP contribution in [0.1, 0.15) is 47.7 Å². The molecule has 1 amide bonds. The molecule has 0 spiro atoms. The van der Waals surface area contributed by atoms with Gasteiger partial charge in [0.15, 0.2) is 0 Å². The Morgan fingerprint density at radius 2 is 2.17 bits per heavy atom. The second-order valence-corrected chi connectivity index (χ2v) is 9.78. The van der Waals surface area contributed by atoms with Gasteiger partial charge in [-0.25, -0.2) is 4.98 Å². The smallest absolute Gasteiger partial charge is 0.308 e. The van der Waals surface area contributed by atoms with Gasteiger partial charge >= 0.3 is 5.97 Å². The Bertz CT molecular complexity index is 1390. The first kappa shape index (κ1) is 25.3. The Morgan fingerprint density at radius 1 is 1.39 bits per heavy atom. The van der Waals surface area contributed by atoms with Crippen molar-refractivity contribution in [2.24, 2.45) is 11.7 Å². The van der Waals surface area contributed by atoms with Crippen molar-refractivity contribution in [3.8, 4) is 6.07 Å². The van der Waals surface area contributed by atoms with Crippen LogP contribution in [0.3, 0.4) is 0 Å². The minimum atomic E-state index is -0.977. The highest BCUT2D eigenvalue weighted by Crippen LogP contribution is 2.26. The number of hydrogen-bond donors (Lipinski definition) is 3. The average molecular weight is 509 g/mol. The van der Waals surface area contributed by atoms with Crippen LogP contribution in [0, 0.1) is 17.2 Å². The Hall–Kier alpha value is -3.75. The number of aromatic nitrogens is 2. The molecule has 2 aromatic heterocycles. The fourth-order valence-corrected chi connectivity index (χ4v) is 5.31. The van der Waals surface area contributed by atoms with Gasteiger partial charge in [-0.2, -0.15) is 5.26 Å². The first-order valence-electron chi connectivity index (χ1n) is 11.9. The van der Waals surface area contributed by atoms with E-state index >= 15 is 0 Å². The molecular formula is C25H28N6O4S. The number of fused-ring (bicyclic) bond motifs is 1. The van der Waals surface area contributed by atoms with E-state index < -0.39 is 17.8 Å². The molecule has 1 aliphatic heterocycles. The van der Waals surface area contributed by atoms with Gasteiger partial charge in [0.1, 0.15) is 10.2 Å². The highest BCUT2D eigenvalue weighted by molar-refractivity contribution is 7.17. The van der Waals surface area contributed by atoms with E-state index in [1.54, 1.807) is 35.1 Å². The first-order chi connectivity index (χ1) is 17.3. The number of carboxylic acid groups (broad SMARTS) is 1. The van der Waals surface area contributed by atoms with Crippen LogP contribution in [-0.2, 0) is 11.3 Å². The van der Waals surface area contributed by atoms with Crippen LogP contribution in [0.15, 0.2) is 34.4 Å². The number of nitriles is 1. The summed E-state index contributed by atoms with van der Waals surface area (Å²) >= 11 is 1.12. The molecular weight excluding hydrogens is 480 g/mol. The van der Waals surface area contributed by atoms with Crippen molar-refractivity contribution in [2.45, 2.75) is 38.8 Å². The number of nitrogens with zero attached hydrogens (tertiary/aromatic N) is 4. The van der Waals surface area contributed by atoms with Crippen molar-refractivity contribution in [1.82, 2.24) is 14.9 Å². The van der Waals surface area contributed by atoms with E-state index in [9.17, 15) is 24.8 Å². The number of amides is 1. The van der Waals surface area contributed by atoms with Gasteiger partial charge < -0.3 is 21.1 Å². The summed E-state index contributed by atoms with van der Waals surface area (Å²) in [7, 11) is 0. The Labute approximate surface area is 212 Å². The van der Waals surface area contributed by atoms with E-state index in [0.717, 1.165) is 24.2 Å². The maximum Gasteiger partial charge on any atom is 0.308 e. The third-order valence-corrected chi connectivity index (χ3v) is 7.42. The van der Waals surface area contributed by atoms with Crippen LogP contribution in [-0.4, -0.2) is 52.2 Å². The van der Waals surface area contributed by atoms with Crippen molar-refractivity contribution in [2.75, 3.05) is 24.5 Å². The second-order valence-electron chi connectivity index (χ2n) is 8.90. The summed E-state index contributed by atoms with van der Waals surface area (Å²) in [6.07, 6.45) is 2.09. The molecule has 0 aliphatic carbocycles. The molecule has 3 aromatic rings. The molecule has 188 valence electrons. The highest BCUT2D eigenvalue weighted by Gasteiger charge is 2.26. The van der Waals surface area contributed by atoms with E-state index in [4.69, 9.17) is 10.7 Å². The number of piperidine rings is 1. The van der Waals surface area contributed by atoms with E-state index in [2.05, 4.69) is 11.4 Å². The van der Waals surface area contributed by atoms with Crippen molar-refractivity contribution in [3.63, 3.8) is 0 Å². The van der Waals surface area contributed by atoms with Crippen LogP contribution in [0.2, 0.25) is 0 Å². The lowest BCUT2D eigenvalue weighted by atomic mass is 10.1. The van der Waals surface area contributed by atoms with Gasteiger partial charge in [0.25, 0.3) is 11.5 Å². The number of hydrogen-bond acceptors (Lipinski definition) is 8. The minimum absolute atomic E-state index is 0.0160. The molecule has 10 nitrogen and oxygen atoms in total. The Balaban J connectivity index is 1.78. The van der Waals surface area contributed by atoms with Crippen molar-refractivity contribution in [3.05, 3.63) is 56.7 Å². The van der Waals surface area contributed by atoms with Gasteiger partial charge in [0.05, 0.1) is 29.7 Å². The molecule has 4 rings (SSSR count). The molecule has 1 saturated heterocycles. The maximum atomic E-state index is 13.7. The molecule has 36 heavy (non-hydrogen) atoms. The number of anilines is 1. The normalized spacial score (nSPS) is 16.5. The van der Waals surface area contributed by atoms with Gasteiger partial charge in [-0.1, -0.05) is 25.1 Å². The lowest BCUT2D eigenvalue weighted by Gasteiger charge is -2.33. The summed E-state index contributed by atoms with van der Waals surface area (Å²) in [5.74, 6) is -1.74. The molecule has 1 aliphatic rings. The standard InChI is InChI=1S/C25H28N6O4S/c1-2-15(24(34)35)11-28-22(32)19-14-36-21-20(19)29-25(30-9-5-8-18(27)13-30)31(23(21)33)12-17-7-4-3-6-16(17)10-26/h3-4,6-7,14-15,18H,2,5,8-9,11-13,27H2,1H3,(H,28,32)(H,34,35)/t15-,18?/m1/s1. The van der Waals surface area contributed by atoms with Crippen LogP contribution in [0.4, 0.5) is 5.95 Å². The summed E-state index contributed by atoms with van der Waals surface area (Å²) in [4.78, 5) is 44.7. The van der Waals surface area contributed by atoms with Crippen molar-refractivity contribution < 1.29 is 14.7 Å². The maximum absolute atomic E-state index is 13.7. The Morgan fingerprint density at radius 3 is 2.86 bits per heavy atom. The number of nitrogens with two attached hydrogens (primary N) is 1. The number of benzene rings is 1. The van der Waals surface area contributed by atoms with Gasteiger partial charge in [-0.3, -0.25) is 19.0 Å². The predicted octanol–water partition coefficient (Wildman–Crippen LogP) is 2.15. The fourth-order valence-electron chi connectivity index (χ4n) is 4.38. The number of carbonyl (C=O) groups is 2. The summed E-state index contributed by atoms with van der Waals surface area (Å²) in [5, 5.41) is 23.1. The number of carboxylic acids is 1. The molecule has 4 N–H and O–H groups in total. The van der Waals surface area contributed by atoms with E-state index in [0.29, 0.717) is 41.3 Å². The van der Waals surface area contributed by atoms with Gasteiger partial charge in [-0.15, -0.1) is 11.3 Å². The molecule has 0 saturated carbocycles. The SMILES string of the molecule is CC[C@H](CNC(=O)c1csc2c(=O)n(Cc3ccccc3C#N)c(N3CCCC(N)C3)nc12)C(=O)O. The zero-order valence-corrected chi connectivity index (χ0v) is 20.8. The molecule has 1 unspecified atom stereocenters. The summed E-state index contributed by atoms with van der Waals surface area (Å²) in [6, 6.07) is 9.20. The summed E-state index contributed by atoms with van der Waals surface area (Å²) in [5.41, 5.74) is 7.60. The second kappa shape index (κ2) is 10.9. The summed E-state index contributed by atoms with van der Waals surface area (Å²) < 4.78 is 1.87. The molecule has 3 heterocycles. The number of carbonyl (C=O) groups excluding carboxylic acids is 1. The molecule has 2 atom stereocenters. The van der Waals surface area contributed by atoms with Crippen LogP contribution < -0.4 is 21.5 Å². The lowest BCUT2D eigenvalue weighted by molar-refractivity contribution is -0.141. The minimum Gasteiger partial charge on any atom is -0.481 e. The number of rotatable bonds is 8. The van der Waals surface area contributed by atoms with Gasteiger partial charge in [0, 0.05) is 31.1 Å². The van der Waals surface area contributed by atoms with Crippen LogP contribution >= 0.6 is 11.3 Å². The number of nitrogens with one attached hydrogen (secondary N) is 1. The van der Waals surface area contributed by atoms with E-state index in [-0.39, 0.29) is 35.8 Å². The predicted molar refractivity (Wildman–Crippen MR) is 137 cm³/mol. The number of thiophene rings is 1. The molecule has 1 fully saturated rings. The van der Waals surface area contributed by atoms with Gasteiger partial charge in [0.2, 0.25) is 5.95 Å². The largest absolute Gasteiger partial charge is 0.481 e. The zero-order chi connectivity index (χ0) is 25.8. The van der Waals surface area contributed by atoms with Crippen molar-refractivity contribution in [1.29, 1.82) is 5.26 Å². The fraction of sp³-hybridized carbons (Fsp3) is 0.400. The van der Waals surface area contributed by atoms with Crippen molar-refractivity contribution >= 4 is 39.4 Å². The Kier molecular flexibility index (Phi) is 7.67. The van der Waals surface area contributed by atoms with E-state index in [1.807, 2.05) is 11.0 Å². The van der Waals surface area contributed by atoms with E-state index in [1.165, 1.54) is 0 Å². The topological polar surface area (TPSA) is 154 Å². The first-order valence-corrected chi connectivity index (χ1v) is 12.7. The number of aliphatic carboxylic acids is 1. The van der Waals surface area contributed by atoms with Crippen LogP contribution in [0.5, 0.6) is 0 Å².